The molecule has 6 nitrogen and oxygen atoms in total. The van der Waals surface area contributed by atoms with Gasteiger partial charge in [-0.3, -0.25) is 4.90 Å². The molecule has 2 saturated heterocycles. The molecule has 174 valence electrons. The summed E-state index contributed by atoms with van der Waals surface area (Å²) < 4.78 is 5.63. The van der Waals surface area contributed by atoms with Gasteiger partial charge in [0.15, 0.2) is 0 Å². The minimum atomic E-state index is -0.942. The van der Waals surface area contributed by atoms with Gasteiger partial charge >= 0.3 is 6.09 Å². The lowest BCUT2D eigenvalue weighted by Crippen LogP contribution is -2.71. The van der Waals surface area contributed by atoms with Gasteiger partial charge in [-0.15, -0.1) is 0 Å². The van der Waals surface area contributed by atoms with E-state index in [0.717, 1.165) is 37.4 Å². The summed E-state index contributed by atoms with van der Waals surface area (Å²) in [6, 6.07) is 14.9. The summed E-state index contributed by atoms with van der Waals surface area (Å²) in [6.07, 6.45) is 5.02. The van der Waals surface area contributed by atoms with Crippen molar-refractivity contribution < 1.29 is 19.7 Å². The van der Waals surface area contributed by atoms with E-state index in [-0.39, 0.29) is 17.9 Å². The summed E-state index contributed by atoms with van der Waals surface area (Å²) in [5.74, 6) is 1.53. The molecule has 2 N–H and O–H groups in total. The summed E-state index contributed by atoms with van der Waals surface area (Å²) in [4.78, 5) is 17.3. The zero-order valence-corrected chi connectivity index (χ0v) is 18.9. The first-order valence-electron chi connectivity index (χ1n) is 12.3. The third-order valence-corrected chi connectivity index (χ3v) is 8.64. The number of para-hydroxylation sites is 1. The Bertz CT molecular complexity index is 1060. The largest absolute Gasteiger partial charge is 0.508 e. The van der Waals surface area contributed by atoms with Crippen LogP contribution in [0.25, 0.3) is 0 Å². The van der Waals surface area contributed by atoms with Crippen molar-refractivity contribution in [2.24, 2.45) is 5.92 Å². The van der Waals surface area contributed by atoms with E-state index < -0.39 is 11.0 Å². The van der Waals surface area contributed by atoms with Crippen LogP contribution in [0.1, 0.15) is 43.2 Å². The highest BCUT2D eigenvalue weighted by atomic mass is 16.6. The van der Waals surface area contributed by atoms with E-state index in [9.17, 15) is 15.0 Å². The number of carbonyl (C=O) groups is 1. The lowest BCUT2D eigenvalue weighted by atomic mass is 9.52. The van der Waals surface area contributed by atoms with Crippen molar-refractivity contribution in [3.05, 3.63) is 59.7 Å². The Balaban J connectivity index is 1.34. The molecule has 2 aliphatic carbocycles. The number of phenols is 1. The fraction of sp³-hybridized carbons (Fsp3) is 0.519. The number of aliphatic hydroxyl groups is 1. The fourth-order valence-corrected chi connectivity index (χ4v) is 6.70. The average Bonchev–Trinajstić information content (AvgIpc) is 3.63. The van der Waals surface area contributed by atoms with Crippen LogP contribution in [0.4, 0.5) is 4.79 Å². The van der Waals surface area contributed by atoms with Gasteiger partial charge in [0.05, 0.1) is 5.60 Å². The molecule has 2 aromatic carbocycles. The van der Waals surface area contributed by atoms with Crippen LogP contribution in [0.15, 0.2) is 48.5 Å². The molecule has 3 fully saturated rings. The van der Waals surface area contributed by atoms with Gasteiger partial charge in [0.1, 0.15) is 11.5 Å². The maximum absolute atomic E-state index is 13.0. The molecule has 1 amide bonds. The quantitative estimate of drug-likeness (QED) is 0.749. The van der Waals surface area contributed by atoms with Crippen LogP contribution in [0.3, 0.4) is 0 Å². The number of likely N-dealkylation sites (tertiary alicyclic amines) is 2. The third-order valence-electron chi connectivity index (χ3n) is 8.64. The van der Waals surface area contributed by atoms with Crippen LogP contribution in [-0.2, 0) is 11.8 Å². The van der Waals surface area contributed by atoms with Crippen LogP contribution in [0.5, 0.6) is 11.5 Å². The van der Waals surface area contributed by atoms with E-state index in [0.29, 0.717) is 31.7 Å². The molecule has 2 bridgehead atoms. The Morgan fingerprint density at radius 2 is 1.79 bits per heavy atom. The summed E-state index contributed by atoms with van der Waals surface area (Å²) in [5.41, 5.74) is 0.892. The minimum Gasteiger partial charge on any atom is -0.508 e. The van der Waals surface area contributed by atoms with Crippen molar-refractivity contribution in [1.29, 1.82) is 0 Å². The van der Waals surface area contributed by atoms with E-state index in [1.54, 1.807) is 23.1 Å². The molecule has 33 heavy (non-hydrogen) atoms. The molecular formula is C27H32N2O4. The molecule has 0 radical (unpaired) electrons. The second-order valence-electron chi connectivity index (χ2n) is 10.4. The minimum absolute atomic E-state index is 0.0361. The monoisotopic (exact) mass is 448 g/mol. The number of nitrogens with zero attached hydrogens (tertiary/aromatic N) is 2. The standard InChI is InChI=1S/C27H32N2O4/c30-21-9-8-20-16-24-27(32)12-15-28(25(31)33-22-4-2-1-3-5-22)13-10-26(27,23(20)17-21)11-14-29(24)18-19-6-7-19/h1-5,8-9,17,19,24,30,32H,6-7,10-16,18H2. The number of rotatable bonds is 3. The van der Waals surface area contributed by atoms with Crippen LogP contribution in [0.2, 0.25) is 0 Å². The van der Waals surface area contributed by atoms with Gasteiger partial charge in [-0.05, 0) is 86.4 Å². The van der Waals surface area contributed by atoms with Crippen LogP contribution >= 0.6 is 0 Å². The Morgan fingerprint density at radius 3 is 2.58 bits per heavy atom. The van der Waals surface area contributed by atoms with Crippen molar-refractivity contribution in [3.63, 3.8) is 0 Å². The third kappa shape index (κ3) is 3.42. The van der Waals surface area contributed by atoms with Gasteiger partial charge in [0, 0.05) is 31.1 Å². The number of piperidine rings is 1. The van der Waals surface area contributed by atoms with Gasteiger partial charge in [-0.2, -0.15) is 0 Å². The highest BCUT2D eigenvalue weighted by Crippen LogP contribution is 2.56. The molecule has 6 heteroatoms. The Morgan fingerprint density at radius 1 is 1.03 bits per heavy atom. The van der Waals surface area contributed by atoms with Crippen LogP contribution in [-0.4, -0.2) is 63.9 Å². The smallest absolute Gasteiger partial charge is 0.415 e. The van der Waals surface area contributed by atoms with E-state index in [4.69, 9.17) is 4.74 Å². The number of hydrogen-bond donors (Lipinski definition) is 2. The molecule has 0 aromatic heterocycles. The van der Waals surface area contributed by atoms with Gasteiger partial charge < -0.3 is 19.8 Å². The first-order chi connectivity index (χ1) is 16.0. The first-order valence-corrected chi connectivity index (χ1v) is 12.3. The second kappa shape index (κ2) is 7.74. The predicted octanol–water partition coefficient (Wildman–Crippen LogP) is 3.70. The van der Waals surface area contributed by atoms with Gasteiger partial charge in [0.25, 0.3) is 0 Å². The predicted molar refractivity (Wildman–Crippen MR) is 124 cm³/mol. The van der Waals surface area contributed by atoms with Crippen molar-refractivity contribution in [2.75, 3.05) is 26.2 Å². The Kier molecular flexibility index (Phi) is 4.93. The van der Waals surface area contributed by atoms with Crippen molar-refractivity contribution >= 4 is 6.09 Å². The Hall–Kier alpha value is -2.57. The molecule has 4 aliphatic rings. The van der Waals surface area contributed by atoms with Crippen LogP contribution < -0.4 is 4.74 Å². The van der Waals surface area contributed by atoms with Crippen molar-refractivity contribution in [1.82, 2.24) is 9.80 Å². The first kappa shape index (κ1) is 21.0. The number of benzene rings is 2. The van der Waals surface area contributed by atoms with E-state index >= 15 is 0 Å². The topological polar surface area (TPSA) is 73.2 Å². The van der Waals surface area contributed by atoms with Gasteiger partial charge in [-0.25, -0.2) is 4.79 Å². The fourth-order valence-electron chi connectivity index (χ4n) is 6.70. The van der Waals surface area contributed by atoms with E-state index in [2.05, 4.69) is 4.90 Å². The number of ether oxygens (including phenoxy) is 1. The SMILES string of the molecule is O=C(Oc1ccccc1)N1CCC23CCN(CC4CC4)C(Cc4ccc(O)cc42)C3(O)CC1. The highest BCUT2D eigenvalue weighted by Gasteiger charge is 2.63. The number of carbonyl (C=O) groups excluding carboxylic acids is 1. The van der Waals surface area contributed by atoms with Crippen molar-refractivity contribution in [3.8, 4) is 11.5 Å². The average molecular weight is 449 g/mol. The summed E-state index contributed by atoms with van der Waals surface area (Å²) in [5, 5.41) is 22.8. The normalized spacial score (nSPS) is 31.3. The lowest BCUT2D eigenvalue weighted by Gasteiger charge is -2.61. The van der Waals surface area contributed by atoms with Crippen molar-refractivity contribution in [2.45, 2.75) is 55.6 Å². The number of hydrogen-bond acceptors (Lipinski definition) is 5. The maximum Gasteiger partial charge on any atom is 0.415 e. The molecule has 3 atom stereocenters. The highest BCUT2D eigenvalue weighted by molar-refractivity contribution is 5.71. The maximum atomic E-state index is 13.0. The molecule has 2 aromatic rings. The molecule has 3 unspecified atom stereocenters. The summed E-state index contributed by atoms with van der Waals surface area (Å²) in [6.45, 7) is 2.99. The summed E-state index contributed by atoms with van der Waals surface area (Å²) >= 11 is 0. The number of fused-ring (bicyclic) bond motifs is 1. The van der Waals surface area contributed by atoms with Crippen LogP contribution in [0, 0.1) is 5.92 Å². The molecule has 1 saturated carbocycles. The number of aromatic hydroxyl groups is 1. The summed E-state index contributed by atoms with van der Waals surface area (Å²) in [7, 11) is 0. The molecule has 0 spiro atoms. The second-order valence-corrected chi connectivity index (χ2v) is 10.4. The van der Waals surface area contributed by atoms with Gasteiger partial charge in [-0.1, -0.05) is 24.3 Å². The molecule has 2 aliphatic heterocycles. The Labute approximate surface area is 194 Å². The zero-order chi connectivity index (χ0) is 22.6. The lowest BCUT2D eigenvalue weighted by molar-refractivity contribution is -0.149. The number of phenolic OH excluding ortho intramolecular Hbond substituents is 1. The van der Waals surface area contributed by atoms with Gasteiger partial charge in [0.2, 0.25) is 0 Å². The van der Waals surface area contributed by atoms with E-state index in [1.165, 1.54) is 18.4 Å². The van der Waals surface area contributed by atoms with E-state index in [1.807, 2.05) is 30.3 Å². The zero-order valence-electron chi connectivity index (χ0n) is 18.9. The molecular weight excluding hydrogens is 416 g/mol. The molecule has 2 heterocycles. The molecule has 6 rings (SSSR count). The number of amides is 1.